The smallest absolute Gasteiger partial charge is 0.0614 e. The molecule has 124 valence electrons. The summed E-state index contributed by atoms with van der Waals surface area (Å²) in [5.41, 5.74) is -0.0340. The molecule has 2 aliphatic rings. The van der Waals surface area contributed by atoms with Gasteiger partial charge < -0.3 is 15.3 Å². The van der Waals surface area contributed by atoms with Gasteiger partial charge in [-0.05, 0) is 57.9 Å². The third kappa shape index (κ3) is 4.20. The second kappa shape index (κ2) is 7.43. The predicted molar refractivity (Wildman–Crippen MR) is 89.5 cm³/mol. The highest BCUT2D eigenvalue weighted by Gasteiger charge is 2.41. The van der Waals surface area contributed by atoms with E-state index in [1.54, 1.807) is 0 Å². The molecule has 3 heteroatoms. The number of hydrogen-bond donors (Lipinski definition) is 2. The summed E-state index contributed by atoms with van der Waals surface area (Å²) in [6.07, 6.45) is 10.4. The van der Waals surface area contributed by atoms with E-state index < -0.39 is 0 Å². The van der Waals surface area contributed by atoms with Crippen LogP contribution in [0.1, 0.15) is 72.1 Å². The van der Waals surface area contributed by atoms with Gasteiger partial charge in [0.2, 0.25) is 0 Å². The molecule has 2 aliphatic carbocycles. The van der Waals surface area contributed by atoms with Crippen LogP contribution in [0.15, 0.2) is 0 Å². The van der Waals surface area contributed by atoms with Gasteiger partial charge in [-0.1, -0.05) is 27.2 Å². The first-order valence-electron chi connectivity index (χ1n) is 9.10. The molecular weight excluding hydrogens is 260 g/mol. The van der Waals surface area contributed by atoms with E-state index in [2.05, 4.69) is 38.0 Å². The van der Waals surface area contributed by atoms with Crippen molar-refractivity contribution in [2.24, 2.45) is 5.92 Å². The van der Waals surface area contributed by atoms with E-state index in [0.717, 1.165) is 24.8 Å². The van der Waals surface area contributed by atoms with E-state index in [1.807, 2.05) is 0 Å². The highest BCUT2D eigenvalue weighted by Crippen LogP contribution is 2.37. The minimum atomic E-state index is -0.0340. The lowest BCUT2D eigenvalue weighted by atomic mass is 9.83. The summed E-state index contributed by atoms with van der Waals surface area (Å²) < 4.78 is 0. The first-order chi connectivity index (χ1) is 9.99. The van der Waals surface area contributed by atoms with Gasteiger partial charge in [0.15, 0.2) is 0 Å². The molecule has 2 rings (SSSR count). The fraction of sp³-hybridized carbons (Fsp3) is 1.00. The molecule has 2 saturated carbocycles. The Balaban J connectivity index is 1.88. The van der Waals surface area contributed by atoms with Gasteiger partial charge in [-0.15, -0.1) is 0 Å². The first kappa shape index (κ1) is 17.2. The highest BCUT2D eigenvalue weighted by molar-refractivity contribution is 5.00. The fourth-order valence-corrected chi connectivity index (χ4v) is 4.64. The van der Waals surface area contributed by atoms with Crippen LogP contribution >= 0.6 is 0 Å². The van der Waals surface area contributed by atoms with Crippen molar-refractivity contribution < 1.29 is 5.11 Å². The molecule has 2 atom stereocenters. The average Bonchev–Trinajstić information content (AvgIpc) is 2.90. The number of rotatable bonds is 6. The van der Waals surface area contributed by atoms with Crippen LogP contribution in [-0.4, -0.2) is 47.3 Å². The van der Waals surface area contributed by atoms with Gasteiger partial charge in [-0.2, -0.15) is 0 Å². The van der Waals surface area contributed by atoms with Crippen molar-refractivity contribution in [1.29, 1.82) is 0 Å². The summed E-state index contributed by atoms with van der Waals surface area (Å²) >= 11 is 0. The lowest BCUT2D eigenvalue weighted by Gasteiger charge is -2.39. The van der Waals surface area contributed by atoms with Crippen molar-refractivity contribution in [3.8, 4) is 0 Å². The van der Waals surface area contributed by atoms with E-state index in [4.69, 9.17) is 0 Å². The lowest BCUT2D eigenvalue weighted by molar-refractivity contribution is 0.103. The van der Waals surface area contributed by atoms with Crippen molar-refractivity contribution >= 4 is 0 Å². The van der Waals surface area contributed by atoms with Crippen molar-refractivity contribution in [2.45, 2.75) is 95.8 Å². The largest absolute Gasteiger partial charge is 0.394 e. The lowest BCUT2D eigenvalue weighted by Crippen LogP contribution is -2.51. The molecule has 0 aromatic carbocycles. The molecule has 0 aliphatic heterocycles. The van der Waals surface area contributed by atoms with Gasteiger partial charge in [-0.3, -0.25) is 0 Å². The second-order valence-electron chi connectivity index (χ2n) is 7.88. The van der Waals surface area contributed by atoms with Gasteiger partial charge in [0.1, 0.15) is 0 Å². The minimum Gasteiger partial charge on any atom is -0.394 e. The topological polar surface area (TPSA) is 35.5 Å². The Morgan fingerprint density at radius 2 is 1.81 bits per heavy atom. The Hall–Kier alpha value is -0.120. The third-order valence-corrected chi connectivity index (χ3v) is 6.03. The van der Waals surface area contributed by atoms with Crippen molar-refractivity contribution in [3.05, 3.63) is 0 Å². The minimum absolute atomic E-state index is 0.0340. The zero-order chi connectivity index (χ0) is 15.5. The van der Waals surface area contributed by atoms with E-state index >= 15 is 0 Å². The zero-order valence-corrected chi connectivity index (χ0v) is 14.6. The maximum atomic E-state index is 9.86. The molecule has 0 bridgehead atoms. The van der Waals surface area contributed by atoms with Crippen LogP contribution in [0.2, 0.25) is 0 Å². The van der Waals surface area contributed by atoms with Crippen LogP contribution in [0, 0.1) is 5.92 Å². The molecule has 0 amide bonds. The molecule has 0 saturated heterocycles. The SMILES string of the molecule is CCC1CCC(N(C)C2CCC(CO)(NC(C)C)C2)CC1. The summed E-state index contributed by atoms with van der Waals surface area (Å²) in [6.45, 7) is 6.97. The molecule has 21 heavy (non-hydrogen) atoms. The van der Waals surface area contributed by atoms with Crippen LogP contribution in [0.5, 0.6) is 0 Å². The monoisotopic (exact) mass is 296 g/mol. The number of hydrogen-bond acceptors (Lipinski definition) is 3. The zero-order valence-electron chi connectivity index (χ0n) is 14.6. The molecule has 0 spiro atoms. The van der Waals surface area contributed by atoms with Gasteiger partial charge in [0.25, 0.3) is 0 Å². The third-order valence-electron chi connectivity index (χ3n) is 6.03. The fourth-order valence-electron chi connectivity index (χ4n) is 4.64. The molecule has 3 nitrogen and oxygen atoms in total. The normalized spacial score (nSPS) is 37.6. The molecule has 2 fully saturated rings. The predicted octanol–water partition coefficient (Wildman–Crippen LogP) is 3.17. The highest BCUT2D eigenvalue weighted by atomic mass is 16.3. The molecular formula is C18H36N2O. The molecule has 2 unspecified atom stereocenters. The Kier molecular flexibility index (Phi) is 6.10. The van der Waals surface area contributed by atoms with Gasteiger partial charge in [0.05, 0.1) is 6.61 Å². The van der Waals surface area contributed by atoms with Crippen LogP contribution in [-0.2, 0) is 0 Å². The molecule has 2 N–H and O–H groups in total. The first-order valence-corrected chi connectivity index (χ1v) is 9.10. The average molecular weight is 296 g/mol. The van der Waals surface area contributed by atoms with Crippen LogP contribution in [0.3, 0.4) is 0 Å². The van der Waals surface area contributed by atoms with Crippen LogP contribution in [0.25, 0.3) is 0 Å². The number of aliphatic hydroxyl groups is 1. The van der Waals surface area contributed by atoms with Crippen molar-refractivity contribution in [2.75, 3.05) is 13.7 Å². The Bertz CT molecular complexity index is 312. The van der Waals surface area contributed by atoms with Gasteiger partial charge in [-0.25, -0.2) is 0 Å². The quantitative estimate of drug-likeness (QED) is 0.790. The molecule has 0 heterocycles. The van der Waals surface area contributed by atoms with Crippen LogP contribution in [0.4, 0.5) is 0 Å². The number of aliphatic hydroxyl groups excluding tert-OH is 1. The number of nitrogens with one attached hydrogen (secondary N) is 1. The van der Waals surface area contributed by atoms with Gasteiger partial charge >= 0.3 is 0 Å². The molecule has 0 aromatic heterocycles. The summed E-state index contributed by atoms with van der Waals surface area (Å²) in [5, 5.41) is 13.5. The summed E-state index contributed by atoms with van der Waals surface area (Å²) in [6, 6.07) is 1.86. The molecule has 0 aromatic rings. The summed E-state index contributed by atoms with van der Waals surface area (Å²) in [4.78, 5) is 2.64. The Labute approximate surface area is 131 Å². The van der Waals surface area contributed by atoms with E-state index in [1.165, 1.54) is 38.5 Å². The summed E-state index contributed by atoms with van der Waals surface area (Å²) in [5.74, 6) is 0.970. The van der Waals surface area contributed by atoms with Crippen LogP contribution < -0.4 is 5.32 Å². The second-order valence-corrected chi connectivity index (χ2v) is 7.88. The maximum absolute atomic E-state index is 9.86. The van der Waals surface area contributed by atoms with E-state index in [0.29, 0.717) is 12.1 Å². The summed E-state index contributed by atoms with van der Waals surface area (Å²) in [7, 11) is 2.32. The molecule has 0 radical (unpaired) electrons. The maximum Gasteiger partial charge on any atom is 0.0614 e. The van der Waals surface area contributed by atoms with Crippen molar-refractivity contribution in [1.82, 2.24) is 10.2 Å². The van der Waals surface area contributed by atoms with E-state index in [9.17, 15) is 5.11 Å². The standard InChI is InChI=1S/C18H36N2O/c1-5-15-6-8-16(9-7-15)20(4)17-10-11-18(12-17,13-21)19-14(2)3/h14-17,19,21H,5-13H2,1-4H3. The Morgan fingerprint density at radius 3 is 2.33 bits per heavy atom. The van der Waals surface area contributed by atoms with Gasteiger partial charge in [0, 0.05) is 23.7 Å². The Morgan fingerprint density at radius 1 is 1.14 bits per heavy atom. The number of nitrogens with zero attached hydrogens (tertiary/aromatic N) is 1. The van der Waals surface area contributed by atoms with E-state index in [-0.39, 0.29) is 12.1 Å². The van der Waals surface area contributed by atoms with Crippen molar-refractivity contribution in [3.63, 3.8) is 0 Å².